The van der Waals surface area contributed by atoms with Crippen molar-refractivity contribution >= 4 is 5.71 Å². The van der Waals surface area contributed by atoms with E-state index in [0.29, 0.717) is 5.92 Å². The zero-order valence-corrected chi connectivity index (χ0v) is 12.6. The number of hydrogen-bond donors (Lipinski definition) is 2. The van der Waals surface area contributed by atoms with Gasteiger partial charge in [0.05, 0.1) is 5.71 Å². The van der Waals surface area contributed by atoms with Crippen LogP contribution in [0.1, 0.15) is 39.7 Å². The van der Waals surface area contributed by atoms with Crippen molar-refractivity contribution in [2.75, 3.05) is 7.11 Å². The Kier molecular flexibility index (Phi) is 8.03. The minimum Gasteiger partial charge on any atom is -0.399 e. The third-order valence-corrected chi connectivity index (χ3v) is 2.79. The van der Waals surface area contributed by atoms with Crippen LogP contribution in [0.15, 0.2) is 35.5 Å². The van der Waals surface area contributed by atoms with Crippen LogP contribution in [0, 0.1) is 11.3 Å². The van der Waals surface area contributed by atoms with Crippen molar-refractivity contribution in [3.8, 4) is 0 Å². The Morgan fingerprint density at radius 3 is 2.21 bits per heavy atom. The molecule has 4 nitrogen and oxygen atoms in total. The maximum absolute atomic E-state index is 6.50. The van der Waals surface area contributed by atoms with Crippen molar-refractivity contribution in [1.29, 1.82) is 0 Å². The molecule has 0 radical (unpaired) electrons. The van der Waals surface area contributed by atoms with Crippen LogP contribution in [0.4, 0.5) is 0 Å². The molecule has 0 saturated heterocycles. The lowest BCUT2D eigenvalue weighted by atomic mass is 9.77. The number of hydrogen-bond acceptors (Lipinski definition) is 4. The van der Waals surface area contributed by atoms with Crippen LogP contribution in [0.2, 0.25) is 0 Å². The van der Waals surface area contributed by atoms with Crippen LogP contribution < -0.4 is 5.90 Å². The Hall–Kier alpha value is -1.39. The first-order valence-electron chi connectivity index (χ1n) is 6.40. The molecule has 4 heteroatoms. The first kappa shape index (κ1) is 17.6. The standard InChI is InChI=1S/C15H23NO.H3NO/c1-12(2)11-15(3,4)14(16-17-5)13-9-7-6-8-10-13;1-2/h6-10,12H,11H2,1-5H3;2H,1H2/b16-14+;. The van der Waals surface area contributed by atoms with Crippen LogP contribution >= 0.6 is 0 Å². The third-order valence-electron chi connectivity index (χ3n) is 2.79. The number of rotatable bonds is 5. The van der Waals surface area contributed by atoms with Crippen molar-refractivity contribution in [2.45, 2.75) is 34.1 Å². The Morgan fingerprint density at radius 2 is 1.79 bits per heavy atom. The highest BCUT2D eigenvalue weighted by atomic mass is 16.6. The SMILES string of the molecule is CO/N=C(\c1ccccc1)C(C)(C)CC(C)C.NO. The second kappa shape index (κ2) is 8.67. The van der Waals surface area contributed by atoms with Gasteiger partial charge in [-0.25, -0.2) is 5.90 Å². The molecule has 19 heavy (non-hydrogen) atoms. The van der Waals surface area contributed by atoms with E-state index >= 15 is 0 Å². The Bertz CT molecular complexity index is 373. The van der Waals surface area contributed by atoms with Crippen molar-refractivity contribution in [3.05, 3.63) is 35.9 Å². The van der Waals surface area contributed by atoms with E-state index in [1.807, 2.05) is 18.2 Å². The predicted octanol–water partition coefficient (Wildman–Crippen LogP) is 3.44. The normalized spacial score (nSPS) is 11.9. The fourth-order valence-corrected chi connectivity index (χ4v) is 2.37. The molecule has 1 rings (SSSR count). The summed E-state index contributed by atoms with van der Waals surface area (Å²) < 4.78 is 0. The van der Waals surface area contributed by atoms with Gasteiger partial charge in [-0.3, -0.25) is 0 Å². The number of nitrogens with two attached hydrogens (primary N) is 1. The molecule has 0 spiro atoms. The zero-order valence-electron chi connectivity index (χ0n) is 12.6. The molecule has 0 amide bonds. The van der Waals surface area contributed by atoms with Gasteiger partial charge in [0.1, 0.15) is 7.11 Å². The van der Waals surface area contributed by atoms with Gasteiger partial charge in [-0.15, -0.1) is 0 Å². The lowest BCUT2D eigenvalue weighted by Crippen LogP contribution is -2.27. The minimum atomic E-state index is 0.0194. The monoisotopic (exact) mass is 266 g/mol. The van der Waals surface area contributed by atoms with E-state index in [0.717, 1.165) is 17.7 Å². The highest BCUT2D eigenvalue weighted by molar-refractivity contribution is 6.04. The lowest BCUT2D eigenvalue weighted by Gasteiger charge is -2.28. The zero-order chi connectivity index (χ0) is 14.9. The highest BCUT2D eigenvalue weighted by Crippen LogP contribution is 2.30. The summed E-state index contributed by atoms with van der Waals surface area (Å²) in [5.74, 6) is 4.13. The third kappa shape index (κ3) is 5.85. The molecule has 3 N–H and O–H groups in total. The average Bonchev–Trinajstić information content (AvgIpc) is 2.37. The summed E-state index contributed by atoms with van der Waals surface area (Å²) in [5.41, 5.74) is 2.18. The Morgan fingerprint density at radius 1 is 1.26 bits per heavy atom. The molecule has 0 heterocycles. The molecule has 0 aliphatic heterocycles. The van der Waals surface area contributed by atoms with Gasteiger partial charge in [-0.2, -0.15) is 0 Å². The highest BCUT2D eigenvalue weighted by Gasteiger charge is 2.28. The second-order valence-corrected chi connectivity index (χ2v) is 5.47. The molecule has 0 aliphatic rings. The van der Waals surface area contributed by atoms with E-state index in [2.05, 4.69) is 50.9 Å². The summed E-state index contributed by atoms with van der Waals surface area (Å²) in [6, 6.07) is 10.3. The summed E-state index contributed by atoms with van der Waals surface area (Å²) in [6.07, 6.45) is 1.09. The quantitative estimate of drug-likeness (QED) is 0.633. The van der Waals surface area contributed by atoms with Gasteiger partial charge in [0.15, 0.2) is 0 Å². The van der Waals surface area contributed by atoms with Gasteiger partial charge in [0, 0.05) is 5.41 Å². The molecular formula is C15H26N2O2. The summed E-state index contributed by atoms with van der Waals surface area (Å²) in [5, 5.41) is 10.7. The first-order valence-corrected chi connectivity index (χ1v) is 6.40. The van der Waals surface area contributed by atoms with Crippen LogP contribution in [0.25, 0.3) is 0 Å². The molecule has 1 aromatic carbocycles. The van der Waals surface area contributed by atoms with E-state index < -0.39 is 0 Å². The molecule has 0 unspecified atom stereocenters. The topological polar surface area (TPSA) is 67.8 Å². The first-order chi connectivity index (χ1) is 8.97. The molecule has 0 aromatic heterocycles. The van der Waals surface area contributed by atoms with Crippen LogP contribution in [-0.2, 0) is 4.84 Å². The molecule has 108 valence electrons. The smallest absolute Gasteiger partial charge is 0.106 e. The van der Waals surface area contributed by atoms with Crippen LogP contribution in [0.5, 0.6) is 0 Å². The molecular weight excluding hydrogens is 240 g/mol. The van der Waals surface area contributed by atoms with Gasteiger partial charge in [0.2, 0.25) is 0 Å². The summed E-state index contributed by atoms with van der Waals surface area (Å²) >= 11 is 0. The fraction of sp³-hybridized carbons (Fsp3) is 0.533. The summed E-state index contributed by atoms with van der Waals surface area (Å²) in [6.45, 7) is 8.91. The van der Waals surface area contributed by atoms with Crippen molar-refractivity contribution in [1.82, 2.24) is 0 Å². The fourth-order valence-electron chi connectivity index (χ4n) is 2.37. The van der Waals surface area contributed by atoms with Crippen LogP contribution in [0.3, 0.4) is 0 Å². The Balaban J connectivity index is 0.00000154. The van der Waals surface area contributed by atoms with Gasteiger partial charge >= 0.3 is 0 Å². The van der Waals surface area contributed by atoms with E-state index in [4.69, 9.17) is 10.0 Å². The average molecular weight is 266 g/mol. The maximum atomic E-state index is 6.50. The molecule has 1 aromatic rings. The van der Waals surface area contributed by atoms with Gasteiger partial charge in [0.25, 0.3) is 0 Å². The van der Waals surface area contributed by atoms with Crippen LogP contribution in [-0.4, -0.2) is 18.0 Å². The second-order valence-electron chi connectivity index (χ2n) is 5.47. The molecule has 0 atom stereocenters. The predicted molar refractivity (Wildman–Crippen MR) is 79.2 cm³/mol. The van der Waals surface area contributed by atoms with Gasteiger partial charge in [-0.1, -0.05) is 63.2 Å². The molecule has 0 aliphatic carbocycles. The van der Waals surface area contributed by atoms with Crippen molar-refractivity contribution in [3.63, 3.8) is 0 Å². The van der Waals surface area contributed by atoms with E-state index in [1.165, 1.54) is 0 Å². The number of benzene rings is 1. The summed E-state index contributed by atoms with van der Waals surface area (Å²) in [4.78, 5) is 5.01. The molecule has 0 saturated carbocycles. The van der Waals surface area contributed by atoms with E-state index in [-0.39, 0.29) is 5.41 Å². The van der Waals surface area contributed by atoms with E-state index in [9.17, 15) is 0 Å². The van der Waals surface area contributed by atoms with Gasteiger partial charge < -0.3 is 10.0 Å². The number of nitrogens with zero attached hydrogens (tertiary/aromatic N) is 1. The summed E-state index contributed by atoms with van der Waals surface area (Å²) in [7, 11) is 1.61. The Labute approximate surface area is 116 Å². The van der Waals surface area contributed by atoms with Crippen molar-refractivity contribution < 1.29 is 10.0 Å². The van der Waals surface area contributed by atoms with Crippen molar-refractivity contribution in [2.24, 2.45) is 22.4 Å². The van der Waals surface area contributed by atoms with E-state index in [1.54, 1.807) is 7.11 Å². The number of oxime groups is 1. The minimum absolute atomic E-state index is 0.0194. The van der Waals surface area contributed by atoms with Gasteiger partial charge in [-0.05, 0) is 17.9 Å². The molecule has 0 bridgehead atoms. The largest absolute Gasteiger partial charge is 0.399 e. The molecule has 0 fully saturated rings. The lowest BCUT2D eigenvalue weighted by molar-refractivity contribution is 0.207. The maximum Gasteiger partial charge on any atom is 0.106 e.